The average molecular weight is 282 g/mol. The largest absolute Gasteiger partial charge is 0.374 e. The van der Waals surface area contributed by atoms with Crippen molar-refractivity contribution in [3.05, 3.63) is 0 Å². The molecule has 0 amide bonds. The van der Waals surface area contributed by atoms with Crippen LogP contribution in [-0.4, -0.2) is 49.8 Å². The van der Waals surface area contributed by atoms with E-state index >= 15 is 0 Å². The highest BCUT2D eigenvalue weighted by Gasteiger charge is 2.30. The van der Waals surface area contributed by atoms with Crippen LogP contribution in [0, 0.1) is 11.3 Å². The predicted molar refractivity (Wildman–Crippen MR) is 85.1 cm³/mol. The summed E-state index contributed by atoms with van der Waals surface area (Å²) in [6, 6.07) is 0.717. The van der Waals surface area contributed by atoms with E-state index in [-0.39, 0.29) is 0 Å². The van der Waals surface area contributed by atoms with Crippen molar-refractivity contribution in [3.63, 3.8) is 0 Å². The molecule has 3 heteroatoms. The molecule has 2 rings (SSSR count). The van der Waals surface area contributed by atoms with Crippen molar-refractivity contribution in [2.45, 2.75) is 65.5 Å². The first-order valence-electron chi connectivity index (χ1n) is 8.56. The van der Waals surface area contributed by atoms with Crippen LogP contribution in [0.1, 0.15) is 53.4 Å². The van der Waals surface area contributed by atoms with Gasteiger partial charge in [0.15, 0.2) is 0 Å². The standard InChI is InChI=1S/C17H34N2O/c1-5-19-10-11-20-16(13-19)12-18-15-8-6-14(7-9-15)17(2,3)4/h14-16,18H,5-13H2,1-4H3. The van der Waals surface area contributed by atoms with Gasteiger partial charge in [0, 0.05) is 25.7 Å². The number of likely N-dealkylation sites (N-methyl/N-ethyl adjacent to an activating group) is 1. The number of hydrogen-bond donors (Lipinski definition) is 1. The summed E-state index contributed by atoms with van der Waals surface area (Å²) in [5, 5.41) is 3.76. The third-order valence-corrected chi connectivity index (χ3v) is 5.26. The maximum absolute atomic E-state index is 5.87. The molecule has 1 saturated heterocycles. The Bertz CT molecular complexity index is 279. The van der Waals surface area contributed by atoms with Crippen LogP contribution >= 0.6 is 0 Å². The van der Waals surface area contributed by atoms with Gasteiger partial charge in [-0.3, -0.25) is 4.90 Å². The molecule has 1 aliphatic heterocycles. The van der Waals surface area contributed by atoms with Gasteiger partial charge in [-0.05, 0) is 43.6 Å². The average Bonchev–Trinajstić information content (AvgIpc) is 2.45. The topological polar surface area (TPSA) is 24.5 Å². The fourth-order valence-corrected chi connectivity index (χ4v) is 3.65. The molecule has 0 aromatic heterocycles. The molecule has 0 aromatic carbocycles. The summed E-state index contributed by atoms with van der Waals surface area (Å²) in [6.45, 7) is 14.7. The molecule has 0 bridgehead atoms. The Hall–Kier alpha value is -0.120. The Kier molecular flexibility index (Phi) is 5.88. The zero-order chi connectivity index (χ0) is 14.6. The summed E-state index contributed by atoms with van der Waals surface area (Å²) in [4.78, 5) is 2.49. The number of ether oxygens (including phenoxy) is 1. The van der Waals surface area contributed by atoms with E-state index in [4.69, 9.17) is 4.74 Å². The van der Waals surface area contributed by atoms with Crippen LogP contribution in [-0.2, 0) is 4.74 Å². The van der Waals surface area contributed by atoms with Crippen LogP contribution < -0.4 is 5.32 Å². The van der Waals surface area contributed by atoms with Gasteiger partial charge in [0.1, 0.15) is 0 Å². The number of nitrogens with one attached hydrogen (secondary N) is 1. The third kappa shape index (κ3) is 4.71. The normalized spacial score (nSPS) is 33.3. The Balaban J connectivity index is 1.66. The molecule has 1 atom stereocenters. The van der Waals surface area contributed by atoms with Crippen LogP contribution in [0.5, 0.6) is 0 Å². The first-order chi connectivity index (χ1) is 9.49. The zero-order valence-electron chi connectivity index (χ0n) is 14.0. The number of hydrogen-bond acceptors (Lipinski definition) is 3. The second-order valence-electron chi connectivity index (χ2n) is 7.71. The minimum atomic E-state index is 0.393. The number of morpholine rings is 1. The molecule has 1 N–H and O–H groups in total. The SMILES string of the molecule is CCN1CCOC(CNC2CCC(C(C)(C)C)CC2)C1. The van der Waals surface area contributed by atoms with E-state index in [1.165, 1.54) is 25.7 Å². The van der Waals surface area contributed by atoms with Crippen LogP contribution in [0.3, 0.4) is 0 Å². The molecule has 20 heavy (non-hydrogen) atoms. The Morgan fingerprint density at radius 1 is 1.15 bits per heavy atom. The molecule has 0 aromatic rings. The van der Waals surface area contributed by atoms with Gasteiger partial charge >= 0.3 is 0 Å². The Morgan fingerprint density at radius 2 is 1.85 bits per heavy atom. The van der Waals surface area contributed by atoms with E-state index in [1.807, 2.05) is 0 Å². The summed E-state index contributed by atoms with van der Waals surface area (Å²) in [5.41, 5.74) is 0.485. The minimum Gasteiger partial charge on any atom is -0.374 e. The molecule has 3 nitrogen and oxygen atoms in total. The summed E-state index contributed by atoms with van der Waals surface area (Å²) in [6.07, 6.45) is 5.84. The third-order valence-electron chi connectivity index (χ3n) is 5.26. The molecule has 0 spiro atoms. The van der Waals surface area contributed by atoms with Gasteiger partial charge in [0.2, 0.25) is 0 Å². The van der Waals surface area contributed by atoms with E-state index in [9.17, 15) is 0 Å². The van der Waals surface area contributed by atoms with Gasteiger partial charge in [-0.1, -0.05) is 27.7 Å². The molecule has 2 fully saturated rings. The zero-order valence-corrected chi connectivity index (χ0v) is 14.0. The second-order valence-corrected chi connectivity index (χ2v) is 7.71. The van der Waals surface area contributed by atoms with Crippen molar-refractivity contribution in [1.82, 2.24) is 10.2 Å². The summed E-state index contributed by atoms with van der Waals surface area (Å²) < 4.78 is 5.87. The lowest BCUT2D eigenvalue weighted by Crippen LogP contribution is -2.48. The smallest absolute Gasteiger partial charge is 0.0826 e. The Morgan fingerprint density at radius 3 is 2.45 bits per heavy atom. The highest BCUT2D eigenvalue weighted by Crippen LogP contribution is 2.37. The maximum atomic E-state index is 5.87. The van der Waals surface area contributed by atoms with Gasteiger partial charge in [-0.15, -0.1) is 0 Å². The van der Waals surface area contributed by atoms with Gasteiger partial charge in [-0.25, -0.2) is 0 Å². The van der Waals surface area contributed by atoms with Crippen LogP contribution in [0.15, 0.2) is 0 Å². The van der Waals surface area contributed by atoms with Crippen LogP contribution in [0.4, 0.5) is 0 Å². The van der Waals surface area contributed by atoms with Crippen molar-refractivity contribution in [1.29, 1.82) is 0 Å². The first-order valence-corrected chi connectivity index (χ1v) is 8.56. The molecule has 1 heterocycles. The molecule has 1 aliphatic carbocycles. The summed E-state index contributed by atoms with van der Waals surface area (Å²) in [5.74, 6) is 0.905. The van der Waals surface area contributed by atoms with Crippen molar-refractivity contribution in [2.24, 2.45) is 11.3 Å². The van der Waals surface area contributed by atoms with Gasteiger partial charge in [-0.2, -0.15) is 0 Å². The van der Waals surface area contributed by atoms with Crippen molar-refractivity contribution in [2.75, 3.05) is 32.8 Å². The Labute approximate surface area is 125 Å². The van der Waals surface area contributed by atoms with E-state index in [2.05, 4.69) is 37.9 Å². The molecule has 118 valence electrons. The molecule has 1 unspecified atom stereocenters. The summed E-state index contributed by atoms with van der Waals surface area (Å²) in [7, 11) is 0. The van der Waals surface area contributed by atoms with Crippen molar-refractivity contribution >= 4 is 0 Å². The van der Waals surface area contributed by atoms with Gasteiger partial charge < -0.3 is 10.1 Å². The monoisotopic (exact) mass is 282 g/mol. The molecular formula is C17H34N2O. The van der Waals surface area contributed by atoms with Crippen LogP contribution in [0.25, 0.3) is 0 Å². The highest BCUT2D eigenvalue weighted by molar-refractivity contribution is 4.84. The predicted octanol–water partition coefficient (Wildman–Crippen LogP) is 2.90. The lowest BCUT2D eigenvalue weighted by atomic mass is 9.71. The molecular weight excluding hydrogens is 248 g/mol. The lowest BCUT2D eigenvalue weighted by molar-refractivity contribution is -0.0272. The second kappa shape index (κ2) is 7.24. The van der Waals surface area contributed by atoms with Crippen molar-refractivity contribution < 1.29 is 4.74 Å². The maximum Gasteiger partial charge on any atom is 0.0826 e. The first kappa shape index (κ1) is 16.3. The van der Waals surface area contributed by atoms with E-state index in [1.54, 1.807) is 0 Å². The van der Waals surface area contributed by atoms with E-state index in [0.29, 0.717) is 17.6 Å². The molecule has 1 saturated carbocycles. The number of nitrogens with zero attached hydrogens (tertiary/aromatic N) is 1. The van der Waals surface area contributed by atoms with Crippen LogP contribution in [0.2, 0.25) is 0 Å². The van der Waals surface area contributed by atoms with E-state index in [0.717, 1.165) is 38.7 Å². The fourth-order valence-electron chi connectivity index (χ4n) is 3.65. The van der Waals surface area contributed by atoms with Gasteiger partial charge in [0.05, 0.1) is 12.7 Å². The molecule has 0 radical (unpaired) electrons. The highest BCUT2D eigenvalue weighted by atomic mass is 16.5. The van der Waals surface area contributed by atoms with Crippen molar-refractivity contribution in [3.8, 4) is 0 Å². The molecule has 2 aliphatic rings. The minimum absolute atomic E-state index is 0.393. The fraction of sp³-hybridized carbons (Fsp3) is 1.00. The quantitative estimate of drug-likeness (QED) is 0.858. The van der Waals surface area contributed by atoms with Gasteiger partial charge in [0.25, 0.3) is 0 Å². The lowest BCUT2D eigenvalue weighted by Gasteiger charge is -2.38. The summed E-state index contributed by atoms with van der Waals surface area (Å²) >= 11 is 0. The number of rotatable bonds is 4. The van der Waals surface area contributed by atoms with E-state index < -0.39 is 0 Å².